The van der Waals surface area contributed by atoms with Crippen LogP contribution in [0.1, 0.15) is 17.3 Å². The Labute approximate surface area is 117 Å². The summed E-state index contributed by atoms with van der Waals surface area (Å²) < 4.78 is 4.82. The smallest absolute Gasteiger partial charge is 0.251 e. The lowest BCUT2D eigenvalue weighted by Crippen LogP contribution is -2.45. The molecule has 0 aromatic heterocycles. The zero-order valence-electron chi connectivity index (χ0n) is 10.9. The summed E-state index contributed by atoms with van der Waals surface area (Å²) in [6.07, 6.45) is 0. The molecule has 2 amide bonds. The molecule has 1 unspecified atom stereocenters. The average molecular weight is 285 g/mol. The lowest BCUT2D eigenvalue weighted by molar-refractivity contribution is -0.122. The highest BCUT2D eigenvalue weighted by molar-refractivity contribution is 6.30. The van der Waals surface area contributed by atoms with Crippen molar-refractivity contribution < 1.29 is 14.3 Å². The summed E-state index contributed by atoms with van der Waals surface area (Å²) in [6.45, 7) is 2.47. The second kappa shape index (κ2) is 7.76. The van der Waals surface area contributed by atoms with E-state index in [0.717, 1.165) is 0 Å². The van der Waals surface area contributed by atoms with Gasteiger partial charge in [0.1, 0.15) is 6.04 Å². The van der Waals surface area contributed by atoms with Crippen molar-refractivity contribution in [2.75, 3.05) is 20.3 Å². The van der Waals surface area contributed by atoms with E-state index < -0.39 is 6.04 Å². The summed E-state index contributed by atoms with van der Waals surface area (Å²) >= 11 is 5.74. The Morgan fingerprint density at radius 1 is 1.32 bits per heavy atom. The molecule has 1 aromatic carbocycles. The molecule has 19 heavy (non-hydrogen) atoms. The van der Waals surface area contributed by atoms with Gasteiger partial charge in [-0.3, -0.25) is 9.59 Å². The number of carbonyl (C=O) groups excluding carboxylic acids is 2. The highest BCUT2D eigenvalue weighted by atomic mass is 35.5. The Morgan fingerprint density at radius 3 is 2.53 bits per heavy atom. The third-order valence-electron chi connectivity index (χ3n) is 2.45. The van der Waals surface area contributed by atoms with Gasteiger partial charge in [-0.25, -0.2) is 0 Å². The molecule has 0 saturated carbocycles. The van der Waals surface area contributed by atoms with Crippen molar-refractivity contribution in [3.05, 3.63) is 34.9 Å². The normalized spacial score (nSPS) is 11.7. The molecular weight excluding hydrogens is 268 g/mol. The molecule has 1 aromatic rings. The second-order valence-corrected chi connectivity index (χ2v) is 4.42. The van der Waals surface area contributed by atoms with Crippen LogP contribution in [0.3, 0.4) is 0 Å². The van der Waals surface area contributed by atoms with E-state index in [1.165, 1.54) is 0 Å². The summed E-state index contributed by atoms with van der Waals surface area (Å²) in [4.78, 5) is 23.5. The molecule has 1 rings (SSSR count). The summed E-state index contributed by atoms with van der Waals surface area (Å²) in [7, 11) is 1.55. The fourth-order valence-corrected chi connectivity index (χ4v) is 1.50. The third-order valence-corrected chi connectivity index (χ3v) is 2.70. The first kappa shape index (κ1) is 15.5. The standard InChI is InChI=1S/C13H17ClN2O3/c1-9(12(17)15-7-8-19-2)16-13(18)10-3-5-11(14)6-4-10/h3-6,9H,7-8H2,1-2H3,(H,15,17)(H,16,18). The molecule has 0 aliphatic rings. The van der Waals surface area contributed by atoms with Crippen molar-refractivity contribution in [3.63, 3.8) is 0 Å². The summed E-state index contributed by atoms with van der Waals surface area (Å²) in [5, 5.41) is 5.81. The maximum Gasteiger partial charge on any atom is 0.251 e. The van der Waals surface area contributed by atoms with Crippen LogP contribution in [0.4, 0.5) is 0 Å². The van der Waals surface area contributed by atoms with E-state index in [2.05, 4.69) is 10.6 Å². The second-order valence-electron chi connectivity index (χ2n) is 3.99. The topological polar surface area (TPSA) is 67.4 Å². The van der Waals surface area contributed by atoms with Crippen molar-refractivity contribution in [3.8, 4) is 0 Å². The molecule has 5 nitrogen and oxygen atoms in total. The van der Waals surface area contributed by atoms with E-state index in [-0.39, 0.29) is 11.8 Å². The Kier molecular flexibility index (Phi) is 6.32. The predicted molar refractivity (Wildman–Crippen MR) is 73.3 cm³/mol. The molecule has 0 saturated heterocycles. The van der Waals surface area contributed by atoms with Gasteiger partial charge in [0, 0.05) is 24.2 Å². The Morgan fingerprint density at radius 2 is 1.95 bits per heavy atom. The van der Waals surface area contributed by atoms with Crippen LogP contribution < -0.4 is 10.6 Å². The molecule has 0 fully saturated rings. The molecule has 0 spiro atoms. The number of methoxy groups -OCH3 is 1. The van der Waals surface area contributed by atoms with Gasteiger partial charge in [-0.05, 0) is 31.2 Å². The monoisotopic (exact) mass is 284 g/mol. The number of rotatable bonds is 6. The molecular formula is C13H17ClN2O3. The largest absolute Gasteiger partial charge is 0.383 e. The fourth-order valence-electron chi connectivity index (χ4n) is 1.38. The first-order valence-corrected chi connectivity index (χ1v) is 6.25. The Balaban J connectivity index is 2.47. The maximum absolute atomic E-state index is 11.8. The van der Waals surface area contributed by atoms with Crippen molar-refractivity contribution in [1.29, 1.82) is 0 Å². The zero-order chi connectivity index (χ0) is 14.3. The van der Waals surface area contributed by atoms with Gasteiger partial charge < -0.3 is 15.4 Å². The number of hydrogen-bond acceptors (Lipinski definition) is 3. The number of nitrogens with one attached hydrogen (secondary N) is 2. The molecule has 0 aliphatic carbocycles. The van der Waals surface area contributed by atoms with Crippen LogP contribution in [0.15, 0.2) is 24.3 Å². The van der Waals surface area contributed by atoms with Gasteiger partial charge in [0.2, 0.25) is 5.91 Å². The van der Waals surface area contributed by atoms with Crippen molar-refractivity contribution in [2.45, 2.75) is 13.0 Å². The predicted octanol–water partition coefficient (Wildman–Crippen LogP) is 1.22. The minimum atomic E-state index is -0.611. The van der Waals surface area contributed by atoms with Crippen molar-refractivity contribution >= 4 is 23.4 Å². The fraction of sp³-hybridized carbons (Fsp3) is 0.385. The van der Waals surface area contributed by atoms with E-state index in [0.29, 0.717) is 23.7 Å². The zero-order valence-corrected chi connectivity index (χ0v) is 11.7. The SMILES string of the molecule is COCCNC(=O)C(C)NC(=O)c1ccc(Cl)cc1. The van der Waals surface area contributed by atoms with Crippen LogP contribution >= 0.6 is 11.6 Å². The number of ether oxygens (including phenoxy) is 1. The Hall–Kier alpha value is -1.59. The molecule has 0 bridgehead atoms. The van der Waals surface area contributed by atoms with Crippen molar-refractivity contribution in [2.24, 2.45) is 0 Å². The van der Waals surface area contributed by atoms with E-state index in [9.17, 15) is 9.59 Å². The van der Waals surface area contributed by atoms with Crippen LogP contribution in [-0.2, 0) is 9.53 Å². The minimum Gasteiger partial charge on any atom is -0.383 e. The van der Waals surface area contributed by atoms with Crippen molar-refractivity contribution in [1.82, 2.24) is 10.6 Å². The summed E-state index contributed by atoms with van der Waals surface area (Å²) in [5.74, 6) is -0.564. The van der Waals surface area contributed by atoms with Crippen LogP contribution in [0.5, 0.6) is 0 Å². The molecule has 2 N–H and O–H groups in total. The molecule has 0 heterocycles. The maximum atomic E-state index is 11.8. The van der Waals surface area contributed by atoms with Gasteiger partial charge in [-0.15, -0.1) is 0 Å². The van der Waals surface area contributed by atoms with Gasteiger partial charge >= 0.3 is 0 Å². The van der Waals surface area contributed by atoms with Gasteiger partial charge in [0.05, 0.1) is 6.61 Å². The third kappa shape index (κ3) is 5.28. The van der Waals surface area contributed by atoms with E-state index in [1.54, 1.807) is 38.3 Å². The van der Waals surface area contributed by atoms with Crippen LogP contribution in [-0.4, -0.2) is 38.1 Å². The molecule has 6 heteroatoms. The number of amides is 2. The van der Waals surface area contributed by atoms with Crippen LogP contribution in [0.2, 0.25) is 5.02 Å². The highest BCUT2D eigenvalue weighted by Gasteiger charge is 2.15. The van der Waals surface area contributed by atoms with Gasteiger partial charge in [-0.1, -0.05) is 11.6 Å². The molecule has 1 atom stereocenters. The number of halogens is 1. The van der Waals surface area contributed by atoms with Crippen LogP contribution in [0.25, 0.3) is 0 Å². The van der Waals surface area contributed by atoms with Gasteiger partial charge in [0.25, 0.3) is 5.91 Å². The minimum absolute atomic E-state index is 0.251. The quantitative estimate of drug-likeness (QED) is 0.772. The number of carbonyl (C=O) groups is 2. The number of benzene rings is 1. The summed E-state index contributed by atoms with van der Waals surface area (Å²) in [5.41, 5.74) is 0.459. The van der Waals surface area contributed by atoms with E-state index >= 15 is 0 Å². The lowest BCUT2D eigenvalue weighted by atomic mass is 10.2. The van der Waals surface area contributed by atoms with E-state index in [1.807, 2.05) is 0 Å². The average Bonchev–Trinajstić information content (AvgIpc) is 2.39. The molecule has 0 aliphatic heterocycles. The van der Waals surface area contributed by atoms with Gasteiger partial charge in [-0.2, -0.15) is 0 Å². The Bertz CT molecular complexity index is 434. The highest BCUT2D eigenvalue weighted by Crippen LogP contribution is 2.09. The lowest BCUT2D eigenvalue weighted by Gasteiger charge is -2.14. The number of hydrogen-bond donors (Lipinski definition) is 2. The van der Waals surface area contributed by atoms with Crippen LogP contribution in [0, 0.1) is 0 Å². The first-order chi connectivity index (χ1) is 9.04. The summed E-state index contributed by atoms with van der Waals surface area (Å²) in [6, 6.07) is 5.85. The molecule has 0 radical (unpaired) electrons. The van der Waals surface area contributed by atoms with E-state index in [4.69, 9.17) is 16.3 Å². The molecule has 104 valence electrons. The van der Waals surface area contributed by atoms with Gasteiger partial charge in [0.15, 0.2) is 0 Å². The first-order valence-electron chi connectivity index (χ1n) is 5.87.